The lowest BCUT2D eigenvalue weighted by atomic mass is 10.0. The summed E-state index contributed by atoms with van der Waals surface area (Å²) in [6.45, 7) is 3.89. The van der Waals surface area contributed by atoms with Crippen molar-refractivity contribution in [3.8, 4) is 0 Å². The van der Waals surface area contributed by atoms with Crippen molar-refractivity contribution in [2.45, 2.75) is 25.7 Å². The Kier molecular flexibility index (Phi) is 4.70. The highest BCUT2D eigenvalue weighted by Gasteiger charge is 2.29. The molecule has 0 spiro atoms. The van der Waals surface area contributed by atoms with Crippen LogP contribution in [0.2, 0.25) is 0 Å². The fourth-order valence-corrected chi connectivity index (χ4v) is 2.89. The van der Waals surface area contributed by atoms with Gasteiger partial charge in [0.25, 0.3) is 0 Å². The van der Waals surface area contributed by atoms with E-state index in [4.69, 9.17) is 0 Å². The van der Waals surface area contributed by atoms with Crippen molar-refractivity contribution in [2.75, 3.05) is 18.8 Å². The van der Waals surface area contributed by atoms with E-state index in [1.807, 2.05) is 23.1 Å². The van der Waals surface area contributed by atoms with Crippen molar-refractivity contribution in [2.24, 2.45) is 5.92 Å². The molecule has 2 rings (SSSR count). The van der Waals surface area contributed by atoms with Crippen LogP contribution >= 0.6 is 12.6 Å². The van der Waals surface area contributed by atoms with Crippen molar-refractivity contribution in [1.82, 2.24) is 4.90 Å². The van der Waals surface area contributed by atoms with Gasteiger partial charge in [0, 0.05) is 25.4 Å². The summed E-state index contributed by atoms with van der Waals surface area (Å²) in [6, 6.07) is 10.4. The highest BCUT2D eigenvalue weighted by Crippen LogP contribution is 2.25. The second kappa shape index (κ2) is 6.28. The van der Waals surface area contributed by atoms with Crippen LogP contribution in [0.3, 0.4) is 0 Å². The third-order valence-electron chi connectivity index (χ3n) is 3.80. The molecule has 1 aliphatic rings. The minimum absolute atomic E-state index is 0.310. The molecule has 1 saturated heterocycles. The van der Waals surface area contributed by atoms with Crippen LogP contribution in [0.1, 0.15) is 31.2 Å². The Balaban J connectivity index is 2.01. The van der Waals surface area contributed by atoms with E-state index >= 15 is 0 Å². The lowest BCUT2D eigenvalue weighted by molar-refractivity contribution is -0.127. The number of hydrogen-bond donors (Lipinski definition) is 1. The van der Waals surface area contributed by atoms with Crippen LogP contribution in [0.5, 0.6) is 0 Å². The number of carbonyl (C=O) groups excluding carboxylic acids is 1. The lowest BCUT2D eigenvalue weighted by Gasteiger charge is -2.23. The van der Waals surface area contributed by atoms with Crippen LogP contribution < -0.4 is 0 Å². The van der Waals surface area contributed by atoms with Gasteiger partial charge in [-0.2, -0.15) is 12.6 Å². The van der Waals surface area contributed by atoms with Gasteiger partial charge >= 0.3 is 0 Å². The molecule has 0 aromatic heterocycles. The first kappa shape index (κ1) is 13.5. The zero-order valence-electron chi connectivity index (χ0n) is 10.9. The van der Waals surface area contributed by atoms with Gasteiger partial charge in [0.2, 0.25) is 5.91 Å². The van der Waals surface area contributed by atoms with Crippen LogP contribution in [-0.2, 0) is 4.79 Å². The minimum Gasteiger partial charge on any atom is -0.342 e. The van der Waals surface area contributed by atoms with E-state index in [1.165, 1.54) is 5.56 Å². The van der Waals surface area contributed by atoms with Crippen molar-refractivity contribution in [3.63, 3.8) is 0 Å². The summed E-state index contributed by atoms with van der Waals surface area (Å²) >= 11 is 4.44. The lowest BCUT2D eigenvalue weighted by Crippen LogP contribution is -2.30. The highest BCUT2D eigenvalue weighted by atomic mass is 32.1. The quantitative estimate of drug-likeness (QED) is 0.810. The molecular weight excluding hydrogens is 242 g/mol. The summed E-state index contributed by atoms with van der Waals surface area (Å²) in [5.41, 5.74) is 1.28. The van der Waals surface area contributed by atoms with Gasteiger partial charge in [-0.25, -0.2) is 0 Å². The Morgan fingerprint density at radius 1 is 1.39 bits per heavy atom. The van der Waals surface area contributed by atoms with E-state index in [9.17, 15) is 4.79 Å². The fraction of sp³-hybridized carbons (Fsp3) is 0.533. The molecule has 0 bridgehead atoms. The summed E-state index contributed by atoms with van der Waals surface area (Å²) in [6.07, 6.45) is 1.82. The zero-order valence-corrected chi connectivity index (χ0v) is 11.8. The Morgan fingerprint density at radius 2 is 2.11 bits per heavy atom. The number of carbonyl (C=O) groups is 1. The molecule has 1 amide bonds. The summed E-state index contributed by atoms with van der Waals surface area (Å²) in [7, 11) is 0. The Labute approximate surface area is 115 Å². The van der Waals surface area contributed by atoms with Gasteiger partial charge in [-0.15, -0.1) is 0 Å². The number of hydrogen-bond acceptors (Lipinski definition) is 2. The number of benzene rings is 1. The maximum atomic E-state index is 11.9. The van der Waals surface area contributed by atoms with Crippen LogP contribution in [-0.4, -0.2) is 29.6 Å². The maximum Gasteiger partial charge on any atom is 0.222 e. The van der Waals surface area contributed by atoms with Crippen molar-refractivity contribution < 1.29 is 4.79 Å². The first-order valence-electron chi connectivity index (χ1n) is 6.68. The van der Waals surface area contributed by atoms with Crippen LogP contribution in [0, 0.1) is 5.92 Å². The molecular formula is C15H21NOS. The maximum absolute atomic E-state index is 11.9. The predicted molar refractivity (Wildman–Crippen MR) is 78.0 cm³/mol. The minimum atomic E-state index is 0.310. The molecule has 1 fully saturated rings. The number of thiol groups is 1. The smallest absolute Gasteiger partial charge is 0.222 e. The van der Waals surface area contributed by atoms with E-state index in [0.29, 0.717) is 17.7 Å². The zero-order chi connectivity index (χ0) is 13.0. The molecule has 0 N–H and O–H groups in total. The molecule has 2 unspecified atom stereocenters. The average Bonchev–Trinajstić information content (AvgIpc) is 2.77. The Morgan fingerprint density at radius 3 is 2.67 bits per heavy atom. The molecule has 2 atom stereocenters. The number of nitrogens with zero attached hydrogens (tertiary/aromatic N) is 1. The van der Waals surface area contributed by atoms with Gasteiger partial charge < -0.3 is 4.90 Å². The van der Waals surface area contributed by atoms with E-state index in [0.717, 1.165) is 31.7 Å². The Bertz CT molecular complexity index is 393. The first-order valence-corrected chi connectivity index (χ1v) is 7.31. The van der Waals surface area contributed by atoms with Gasteiger partial charge in [0.15, 0.2) is 0 Å². The molecule has 18 heavy (non-hydrogen) atoms. The second-order valence-electron chi connectivity index (χ2n) is 5.07. The van der Waals surface area contributed by atoms with Crippen LogP contribution in [0.15, 0.2) is 30.3 Å². The molecule has 0 radical (unpaired) electrons. The van der Waals surface area contributed by atoms with Gasteiger partial charge in [-0.05, 0) is 17.2 Å². The molecule has 98 valence electrons. The van der Waals surface area contributed by atoms with E-state index in [2.05, 4.69) is 31.7 Å². The van der Waals surface area contributed by atoms with E-state index in [-0.39, 0.29) is 0 Å². The second-order valence-corrected chi connectivity index (χ2v) is 5.43. The fourth-order valence-electron chi connectivity index (χ4n) is 2.56. The highest BCUT2D eigenvalue weighted by molar-refractivity contribution is 7.80. The monoisotopic (exact) mass is 263 g/mol. The number of likely N-dealkylation sites (tertiary alicyclic amines) is 1. The van der Waals surface area contributed by atoms with Crippen molar-refractivity contribution in [3.05, 3.63) is 35.9 Å². The SMILES string of the molecule is CCC1CC(=O)N(CC(CS)c2ccccc2)C1. The third kappa shape index (κ3) is 3.08. The average molecular weight is 263 g/mol. The molecule has 1 aliphatic heterocycles. The van der Waals surface area contributed by atoms with Crippen LogP contribution in [0.25, 0.3) is 0 Å². The summed E-state index contributed by atoms with van der Waals surface area (Å²) in [4.78, 5) is 13.9. The molecule has 0 saturated carbocycles. The number of rotatable bonds is 5. The Hall–Kier alpha value is -0.960. The summed E-state index contributed by atoms with van der Waals surface area (Å²) in [5.74, 6) is 1.98. The van der Waals surface area contributed by atoms with Crippen molar-refractivity contribution >= 4 is 18.5 Å². The summed E-state index contributed by atoms with van der Waals surface area (Å²) in [5, 5.41) is 0. The topological polar surface area (TPSA) is 20.3 Å². The molecule has 1 heterocycles. The van der Waals surface area contributed by atoms with E-state index < -0.39 is 0 Å². The normalized spacial score (nSPS) is 21.3. The third-order valence-corrected chi connectivity index (χ3v) is 4.24. The molecule has 1 aromatic carbocycles. The molecule has 3 heteroatoms. The summed E-state index contributed by atoms with van der Waals surface area (Å²) < 4.78 is 0. The molecule has 0 aliphatic carbocycles. The largest absolute Gasteiger partial charge is 0.342 e. The molecule has 1 aromatic rings. The molecule has 2 nitrogen and oxygen atoms in total. The van der Waals surface area contributed by atoms with Gasteiger partial charge in [-0.3, -0.25) is 4.79 Å². The number of amides is 1. The predicted octanol–water partition coefficient (Wildman–Crippen LogP) is 2.96. The van der Waals surface area contributed by atoms with Gasteiger partial charge in [-0.1, -0.05) is 43.7 Å². The standard InChI is InChI=1S/C15H21NOS/c1-2-12-8-15(17)16(9-12)10-14(11-18)13-6-4-3-5-7-13/h3-7,12,14,18H,2,8-11H2,1H3. The van der Waals surface area contributed by atoms with Gasteiger partial charge in [0.05, 0.1) is 0 Å². The van der Waals surface area contributed by atoms with E-state index in [1.54, 1.807) is 0 Å². The van der Waals surface area contributed by atoms with Crippen LogP contribution in [0.4, 0.5) is 0 Å². The first-order chi connectivity index (χ1) is 8.74. The van der Waals surface area contributed by atoms with Gasteiger partial charge in [0.1, 0.15) is 0 Å². The van der Waals surface area contributed by atoms with Crippen molar-refractivity contribution in [1.29, 1.82) is 0 Å².